The van der Waals surface area contributed by atoms with Crippen molar-refractivity contribution in [2.45, 2.75) is 60.1 Å². The van der Waals surface area contributed by atoms with Crippen LogP contribution in [-0.2, 0) is 6.54 Å². The lowest BCUT2D eigenvalue weighted by atomic mass is 10.1. The summed E-state index contributed by atoms with van der Waals surface area (Å²) in [4.78, 5) is 4.66. The maximum absolute atomic E-state index is 10.1. The summed E-state index contributed by atoms with van der Waals surface area (Å²) >= 11 is 0. The van der Waals surface area contributed by atoms with Crippen molar-refractivity contribution in [3.8, 4) is 5.75 Å². The SMILES string of the molecule is Cc1ccc(OCCCCn2c(C(C)O)nc3cc(C)c(C)cc32)c(C)c1. The van der Waals surface area contributed by atoms with Crippen LogP contribution in [-0.4, -0.2) is 21.3 Å². The molecule has 4 nitrogen and oxygen atoms in total. The number of imidazole rings is 1. The van der Waals surface area contributed by atoms with Crippen LogP contribution in [0.4, 0.5) is 0 Å². The summed E-state index contributed by atoms with van der Waals surface area (Å²) in [7, 11) is 0. The molecule has 0 fully saturated rings. The van der Waals surface area contributed by atoms with Gasteiger partial charge in [0.15, 0.2) is 0 Å². The van der Waals surface area contributed by atoms with Gasteiger partial charge < -0.3 is 14.4 Å². The first-order chi connectivity index (χ1) is 12.9. The first kappa shape index (κ1) is 19.4. The summed E-state index contributed by atoms with van der Waals surface area (Å²) in [6, 6.07) is 10.6. The highest BCUT2D eigenvalue weighted by Crippen LogP contribution is 2.25. The quantitative estimate of drug-likeness (QED) is 0.586. The molecule has 1 unspecified atom stereocenters. The van der Waals surface area contributed by atoms with Gasteiger partial charge in [0.2, 0.25) is 0 Å². The van der Waals surface area contributed by atoms with E-state index in [1.54, 1.807) is 6.92 Å². The van der Waals surface area contributed by atoms with E-state index in [2.05, 4.69) is 61.5 Å². The van der Waals surface area contributed by atoms with Crippen LogP contribution >= 0.6 is 0 Å². The van der Waals surface area contributed by atoms with Gasteiger partial charge in [-0.1, -0.05) is 17.7 Å². The molecule has 0 aliphatic rings. The van der Waals surface area contributed by atoms with Gasteiger partial charge in [0.25, 0.3) is 0 Å². The second kappa shape index (κ2) is 8.13. The largest absolute Gasteiger partial charge is 0.493 e. The van der Waals surface area contributed by atoms with Gasteiger partial charge in [0.1, 0.15) is 17.7 Å². The molecule has 3 rings (SSSR count). The summed E-state index contributed by atoms with van der Waals surface area (Å²) < 4.78 is 8.09. The molecule has 0 spiro atoms. The third-order valence-corrected chi connectivity index (χ3v) is 5.13. The predicted molar refractivity (Wildman–Crippen MR) is 110 cm³/mol. The molecule has 0 aliphatic carbocycles. The third kappa shape index (κ3) is 4.33. The molecule has 0 amide bonds. The van der Waals surface area contributed by atoms with Gasteiger partial charge in [-0.2, -0.15) is 0 Å². The normalized spacial score (nSPS) is 12.5. The van der Waals surface area contributed by atoms with Crippen molar-refractivity contribution in [3.63, 3.8) is 0 Å². The van der Waals surface area contributed by atoms with E-state index >= 15 is 0 Å². The third-order valence-electron chi connectivity index (χ3n) is 5.13. The van der Waals surface area contributed by atoms with E-state index in [9.17, 15) is 5.11 Å². The lowest BCUT2D eigenvalue weighted by Gasteiger charge is -2.13. The van der Waals surface area contributed by atoms with Gasteiger partial charge >= 0.3 is 0 Å². The fraction of sp³-hybridized carbons (Fsp3) is 0.435. The maximum atomic E-state index is 10.1. The van der Waals surface area contributed by atoms with Crippen molar-refractivity contribution in [1.29, 1.82) is 0 Å². The van der Waals surface area contributed by atoms with E-state index in [1.165, 1.54) is 22.3 Å². The van der Waals surface area contributed by atoms with E-state index in [0.717, 1.165) is 42.0 Å². The topological polar surface area (TPSA) is 47.3 Å². The molecule has 1 atom stereocenters. The Morgan fingerprint density at radius 3 is 2.44 bits per heavy atom. The number of aliphatic hydroxyl groups is 1. The minimum atomic E-state index is -0.579. The second-order valence-electron chi connectivity index (χ2n) is 7.55. The number of benzene rings is 2. The average Bonchev–Trinajstić information content (AvgIpc) is 2.94. The second-order valence-corrected chi connectivity index (χ2v) is 7.55. The lowest BCUT2D eigenvalue weighted by Crippen LogP contribution is -2.08. The number of hydrogen-bond donors (Lipinski definition) is 1. The van der Waals surface area contributed by atoms with Crippen LogP contribution in [0.3, 0.4) is 0 Å². The van der Waals surface area contributed by atoms with E-state index in [-0.39, 0.29) is 0 Å². The monoisotopic (exact) mass is 366 g/mol. The predicted octanol–water partition coefficient (Wildman–Crippen LogP) is 5.18. The molecule has 2 aromatic carbocycles. The summed E-state index contributed by atoms with van der Waals surface area (Å²) in [6.45, 7) is 11.7. The number of fused-ring (bicyclic) bond motifs is 1. The Bertz CT molecular complexity index is 941. The number of hydrogen-bond acceptors (Lipinski definition) is 3. The summed E-state index contributed by atoms with van der Waals surface area (Å²) in [5.74, 6) is 1.70. The van der Waals surface area contributed by atoms with Gasteiger partial charge in [-0.3, -0.25) is 0 Å². The Hall–Kier alpha value is -2.33. The molecule has 0 radical (unpaired) electrons. The minimum Gasteiger partial charge on any atom is -0.493 e. The van der Waals surface area contributed by atoms with Crippen molar-refractivity contribution in [1.82, 2.24) is 9.55 Å². The minimum absolute atomic E-state index is 0.579. The molecule has 1 heterocycles. The number of nitrogens with zero attached hydrogens (tertiary/aromatic N) is 2. The highest BCUT2D eigenvalue weighted by Gasteiger charge is 2.15. The molecule has 144 valence electrons. The number of aryl methyl sites for hydroxylation is 5. The fourth-order valence-electron chi connectivity index (χ4n) is 3.47. The first-order valence-electron chi connectivity index (χ1n) is 9.72. The highest BCUT2D eigenvalue weighted by molar-refractivity contribution is 5.78. The maximum Gasteiger partial charge on any atom is 0.138 e. The Kier molecular flexibility index (Phi) is 5.85. The zero-order chi connectivity index (χ0) is 19.6. The van der Waals surface area contributed by atoms with Crippen LogP contribution in [0.5, 0.6) is 5.75 Å². The zero-order valence-electron chi connectivity index (χ0n) is 17.0. The Balaban J connectivity index is 1.66. The molecular formula is C23H30N2O2. The molecule has 0 bridgehead atoms. The Labute approximate surface area is 161 Å². The van der Waals surface area contributed by atoms with Crippen molar-refractivity contribution in [3.05, 3.63) is 58.4 Å². The molecule has 1 aromatic heterocycles. The summed E-state index contributed by atoms with van der Waals surface area (Å²) in [5, 5.41) is 10.1. The molecule has 1 N–H and O–H groups in total. The van der Waals surface area contributed by atoms with Crippen LogP contribution in [0.25, 0.3) is 11.0 Å². The molecule has 0 saturated carbocycles. The number of ether oxygens (including phenoxy) is 1. The highest BCUT2D eigenvalue weighted by atomic mass is 16.5. The molecule has 4 heteroatoms. The van der Waals surface area contributed by atoms with Crippen LogP contribution in [0.2, 0.25) is 0 Å². The van der Waals surface area contributed by atoms with Crippen molar-refractivity contribution in [2.75, 3.05) is 6.61 Å². The van der Waals surface area contributed by atoms with Gasteiger partial charge in [-0.15, -0.1) is 0 Å². The van der Waals surface area contributed by atoms with E-state index in [1.807, 2.05) is 6.07 Å². The van der Waals surface area contributed by atoms with Crippen LogP contribution in [0, 0.1) is 27.7 Å². The van der Waals surface area contributed by atoms with Gasteiger partial charge in [0, 0.05) is 6.54 Å². The Morgan fingerprint density at radius 1 is 1.00 bits per heavy atom. The average molecular weight is 367 g/mol. The van der Waals surface area contributed by atoms with Crippen molar-refractivity contribution < 1.29 is 9.84 Å². The van der Waals surface area contributed by atoms with E-state index in [0.29, 0.717) is 6.61 Å². The van der Waals surface area contributed by atoms with E-state index in [4.69, 9.17) is 4.74 Å². The smallest absolute Gasteiger partial charge is 0.138 e. The molecule has 27 heavy (non-hydrogen) atoms. The van der Waals surface area contributed by atoms with Gasteiger partial charge in [0.05, 0.1) is 17.6 Å². The van der Waals surface area contributed by atoms with Crippen molar-refractivity contribution in [2.24, 2.45) is 0 Å². The lowest BCUT2D eigenvalue weighted by molar-refractivity contribution is 0.184. The number of rotatable bonds is 7. The summed E-state index contributed by atoms with van der Waals surface area (Å²) in [6.07, 6.45) is 1.35. The Morgan fingerprint density at radius 2 is 1.74 bits per heavy atom. The first-order valence-corrected chi connectivity index (χ1v) is 9.72. The fourth-order valence-corrected chi connectivity index (χ4v) is 3.47. The number of unbranched alkanes of at least 4 members (excludes halogenated alkanes) is 1. The van der Waals surface area contributed by atoms with E-state index < -0.39 is 6.10 Å². The van der Waals surface area contributed by atoms with Crippen molar-refractivity contribution >= 4 is 11.0 Å². The van der Waals surface area contributed by atoms with Crippen LogP contribution in [0.1, 0.15) is 53.9 Å². The molecular weight excluding hydrogens is 336 g/mol. The molecule has 0 saturated heterocycles. The summed E-state index contributed by atoms with van der Waals surface area (Å²) in [5.41, 5.74) is 6.97. The molecule has 0 aliphatic heterocycles. The zero-order valence-corrected chi connectivity index (χ0v) is 17.0. The van der Waals surface area contributed by atoms with Gasteiger partial charge in [-0.25, -0.2) is 4.98 Å². The van der Waals surface area contributed by atoms with Crippen LogP contribution < -0.4 is 4.74 Å². The van der Waals surface area contributed by atoms with Crippen LogP contribution in [0.15, 0.2) is 30.3 Å². The number of aliphatic hydroxyl groups excluding tert-OH is 1. The number of aromatic nitrogens is 2. The molecule has 3 aromatic rings. The van der Waals surface area contributed by atoms with Gasteiger partial charge in [-0.05, 0) is 82.3 Å². The standard InChI is InChI=1S/C23H30N2O2/c1-15-8-9-22(18(4)12-15)27-11-7-6-10-25-21-14-17(3)16(2)13-20(21)24-23(25)19(5)26/h8-9,12-14,19,26H,6-7,10-11H2,1-5H3.